The normalized spacial score (nSPS) is 18.2. The summed E-state index contributed by atoms with van der Waals surface area (Å²) in [5.74, 6) is 2.46. The smallest absolute Gasteiger partial charge is 0.154 e. The van der Waals surface area contributed by atoms with Gasteiger partial charge in [-0.3, -0.25) is 4.57 Å². The van der Waals surface area contributed by atoms with Crippen molar-refractivity contribution in [2.45, 2.75) is 18.9 Å². The molecular formula is C14H18N4O2. The molecule has 106 valence electrons. The van der Waals surface area contributed by atoms with Gasteiger partial charge < -0.3 is 14.8 Å². The maximum Gasteiger partial charge on any atom is 0.154 e. The summed E-state index contributed by atoms with van der Waals surface area (Å²) in [6.07, 6.45) is 3.95. The molecule has 3 rings (SSSR count). The lowest BCUT2D eigenvalue weighted by molar-refractivity contribution is 0.401. The molecule has 0 bridgehead atoms. The second-order valence-electron chi connectivity index (χ2n) is 4.75. The minimum Gasteiger partial charge on any atom is -0.497 e. The van der Waals surface area contributed by atoms with Gasteiger partial charge in [-0.25, -0.2) is 0 Å². The zero-order chi connectivity index (χ0) is 13.9. The summed E-state index contributed by atoms with van der Waals surface area (Å²) in [4.78, 5) is 0. The standard InChI is InChI=1S/C14H18N4O2/c1-19-10-5-6-13(20-2)12(8-10)18-9-16-17-14(18)11-4-3-7-15-11/h5-6,8-9,11,15H,3-4,7H2,1-2H3. The minimum atomic E-state index is 0.244. The van der Waals surface area contributed by atoms with Gasteiger partial charge in [0.2, 0.25) is 0 Å². The van der Waals surface area contributed by atoms with Crippen LogP contribution in [-0.2, 0) is 0 Å². The molecule has 0 saturated carbocycles. The van der Waals surface area contributed by atoms with Crippen molar-refractivity contribution >= 4 is 0 Å². The molecule has 0 amide bonds. The lowest BCUT2D eigenvalue weighted by Crippen LogP contribution is -2.17. The SMILES string of the molecule is COc1ccc(OC)c(-n2cnnc2C2CCCN2)c1. The Morgan fingerprint density at radius 3 is 2.90 bits per heavy atom. The monoisotopic (exact) mass is 274 g/mol. The van der Waals surface area contributed by atoms with Crippen LogP contribution in [-0.4, -0.2) is 35.5 Å². The van der Waals surface area contributed by atoms with Crippen LogP contribution >= 0.6 is 0 Å². The quantitative estimate of drug-likeness (QED) is 0.919. The van der Waals surface area contributed by atoms with E-state index in [1.807, 2.05) is 22.8 Å². The summed E-state index contributed by atoms with van der Waals surface area (Å²) in [6.45, 7) is 1.02. The molecule has 1 atom stereocenters. The number of ether oxygens (including phenoxy) is 2. The van der Waals surface area contributed by atoms with E-state index in [2.05, 4.69) is 15.5 Å². The molecule has 6 nitrogen and oxygen atoms in total. The van der Waals surface area contributed by atoms with E-state index in [1.54, 1.807) is 20.5 Å². The molecule has 0 spiro atoms. The highest BCUT2D eigenvalue weighted by Crippen LogP contribution is 2.30. The fraction of sp³-hybridized carbons (Fsp3) is 0.429. The Kier molecular flexibility index (Phi) is 3.56. The van der Waals surface area contributed by atoms with Gasteiger partial charge in [0.1, 0.15) is 17.8 Å². The number of hydrogen-bond acceptors (Lipinski definition) is 5. The number of nitrogens with one attached hydrogen (secondary N) is 1. The number of methoxy groups -OCH3 is 2. The van der Waals surface area contributed by atoms with Crippen molar-refractivity contribution in [2.75, 3.05) is 20.8 Å². The highest BCUT2D eigenvalue weighted by molar-refractivity contribution is 5.51. The van der Waals surface area contributed by atoms with E-state index in [9.17, 15) is 0 Å². The molecule has 6 heteroatoms. The number of aromatic nitrogens is 3. The molecule has 1 saturated heterocycles. The third-order valence-corrected chi connectivity index (χ3v) is 3.59. The van der Waals surface area contributed by atoms with Gasteiger partial charge in [0.05, 0.1) is 25.9 Å². The van der Waals surface area contributed by atoms with Crippen LogP contribution in [0, 0.1) is 0 Å². The fourth-order valence-electron chi connectivity index (χ4n) is 2.56. The molecule has 1 unspecified atom stereocenters. The summed E-state index contributed by atoms with van der Waals surface area (Å²) >= 11 is 0. The average Bonchev–Trinajstić information content (AvgIpc) is 3.16. The fourth-order valence-corrected chi connectivity index (χ4v) is 2.56. The van der Waals surface area contributed by atoms with Gasteiger partial charge in [0.25, 0.3) is 0 Å². The lowest BCUT2D eigenvalue weighted by atomic mass is 10.2. The minimum absolute atomic E-state index is 0.244. The van der Waals surface area contributed by atoms with Gasteiger partial charge in [0.15, 0.2) is 5.82 Å². The van der Waals surface area contributed by atoms with Gasteiger partial charge in [-0.15, -0.1) is 10.2 Å². The zero-order valence-electron chi connectivity index (χ0n) is 11.7. The van der Waals surface area contributed by atoms with Crippen LogP contribution in [0.2, 0.25) is 0 Å². The predicted octanol–water partition coefficient (Wildman–Crippen LogP) is 1.71. The van der Waals surface area contributed by atoms with E-state index in [4.69, 9.17) is 9.47 Å². The Morgan fingerprint density at radius 2 is 2.20 bits per heavy atom. The number of nitrogens with zero attached hydrogens (tertiary/aromatic N) is 3. The second kappa shape index (κ2) is 5.50. The summed E-state index contributed by atoms with van der Waals surface area (Å²) in [5, 5.41) is 11.7. The van der Waals surface area contributed by atoms with Gasteiger partial charge in [0, 0.05) is 6.07 Å². The Hall–Kier alpha value is -2.08. The Balaban J connectivity index is 2.06. The first-order valence-corrected chi connectivity index (χ1v) is 6.69. The molecule has 1 aliphatic heterocycles. The van der Waals surface area contributed by atoms with E-state index < -0.39 is 0 Å². The highest BCUT2D eigenvalue weighted by atomic mass is 16.5. The van der Waals surface area contributed by atoms with E-state index >= 15 is 0 Å². The Labute approximate surface area is 117 Å². The maximum atomic E-state index is 5.43. The molecule has 1 aromatic carbocycles. The summed E-state index contributed by atoms with van der Waals surface area (Å²) in [7, 11) is 3.31. The van der Waals surface area contributed by atoms with E-state index in [1.165, 1.54) is 0 Å². The maximum absolute atomic E-state index is 5.43. The Morgan fingerprint density at radius 1 is 1.30 bits per heavy atom. The third-order valence-electron chi connectivity index (χ3n) is 3.59. The van der Waals surface area contributed by atoms with Crippen LogP contribution in [0.3, 0.4) is 0 Å². The molecule has 2 heterocycles. The number of hydrogen-bond donors (Lipinski definition) is 1. The lowest BCUT2D eigenvalue weighted by Gasteiger charge is -2.15. The second-order valence-corrected chi connectivity index (χ2v) is 4.75. The van der Waals surface area contributed by atoms with Gasteiger partial charge >= 0.3 is 0 Å². The molecule has 0 radical (unpaired) electrons. The molecule has 20 heavy (non-hydrogen) atoms. The number of benzene rings is 1. The zero-order valence-corrected chi connectivity index (χ0v) is 11.7. The molecule has 2 aromatic rings. The van der Waals surface area contributed by atoms with Crippen molar-refractivity contribution in [3.8, 4) is 17.2 Å². The van der Waals surface area contributed by atoms with Crippen LogP contribution in [0.5, 0.6) is 11.5 Å². The van der Waals surface area contributed by atoms with Crippen LogP contribution in [0.1, 0.15) is 24.7 Å². The largest absolute Gasteiger partial charge is 0.497 e. The van der Waals surface area contributed by atoms with Crippen LogP contribution in [0.4, 0.5) is 0 Å². The van der Waals surface area contributed by atoms with Crippen LogP contribution < -0.4 is 14.8 Å². The third kappa shape index (κ3) is 2.22. The van der Waals surface area contributed by atoms with E-state index in [-0.39, 0.29) is 6.04 Å². The molecule has 0 aliphatic carbocycles. The summed E-state index contributed by atoms with van der Waals surface area (Å²) in [6, 6.07) is 5.94. The van der Waals surface area contributed by atoms with Gasteiger partial charge in [-0.2, -0.15) is 0 Å². The van der Waals surface area contributed by atoms with E-state index in [0.29, 0.717) is 0 Å². The molecular weight excluding hydrogens is 256 g/mol. The summed E-state index contributed by atoms with van der Waals surface area (Å²) < 4.78 is 12.7. The molecule has 1 N–H and O–H groups in total. The van der Waals surface area contributed by atoms with Crippen LogP contribution in [0.15, 0.2) is 24.5 Å². The van der Waals surface area contributed by atoms with Crippen molar-refractivity contribution < 1.29 is 9.47 Å². The van der Waals surface area contributed by atoms with Crippen molar-refractivity contribution in [2.24, 2.45) is 0 Å². The van der Waals surface area contributed by atoms with Crippen LogP contribution in [0.25, 0.3) is 5.69 Å². The van der Waals surface area contributed by atoms with Crippen molar-refractivity contribution in [3.05, 3.63) is 30.4 Å². The summed E-state index contributed by atoms with van der Waals surface area (Å²) in [5.41, 5.74) is 0.889. The number of rotatable bonds is 4. The van der Waals surface area contributed by atoms with Crippen molar-refractivity contribution in [3.63, 3.8) is 0 Å². The molecule has 1 aliphatic rings. The van der Waals surface area contributed by atoms with E-state index in [0.717, 1.165) is 42.4 Å². The topological polar surface area (TPSA) is 61.2 Å². The molecule has 1 aromatic heterocycles. The Bertz CT molecular complexity index is 591. The first-order chi connectivity index (χ1) is 9.83. The molecule has 1 fully saturated rings. The van der Waals surface area contributed by atoms with Gasteiger partial charge in [-0.1, -0.05) is 0 Å². The first-order valence-electron chi connectivity index (χ1n) is 6.69. The van der Waals surface area contributed by atoms with Gasteiger partial charge in [-0.05, 0) is 31.5 Å². The first kappa shape index (κ1) is 12.9. The predicted molar refractivity (Wildman–Crippen MR) is 74.4 cm³/mol. The van der Waals surface area contributed by atoms with Crippen molar-refractivity contribution in [1.29, 1.82) is 0 Å². The average molecular weight is 274 g/mol. The van der Waals surface area contributed by atoms with Crippen molar-refractivity contribution in [1.82, 2.24) is 20.1 Å². The highest BCUT2D eigenvalue weighted by Gasteiger charge is 2.23.